The summed E-state index contributed by atoms with van der Waals surface area (Å²) < 4.78 is 0. The van der Waals surface area contributed by atoms with Gasteiger partial charge in [0.2, 0.25) is 0 Å². The first-order valence-corrected chi connectivity index (χ1v) is 7.68. The molecule has 0 radical (unpaired) electrons. The second kappa shape index (κ2) is 5.25. The normalized spacial score (nSPS) is 14.5. The third kappa shape index (κ3) is 2.76. The Hall–Kier alpha value is -1.49. The van der Waals surface area contributed by atoms with Crippen LogP contribution >= 0.6 is 11.8 Å². The van der Waals surface area contributed by atoms with Crippen LogP contribution in [0.5, 0.6) is 0 Å². The second-order valence-corrected chi connectivity index (χ2v) is 6.09. The van der Waals surface area contributed by atoms with Crippen LogP contribution in [0.4, 0.5) is 0 Å². The molecule has 5 heteroatoms. The first kappa shape index (κ1) is 12.5. The quantitative estimate of drug-likeness (QED) is 0.456. The number of nitrogens with zero attached hydrogens (tertiary/aromatic N) is 1. The summed E-state index contributed by atoms with van der Waals surface area (Å²) in [6, 6.07) is 4.49. The number of H-pyrrole nitrogens is 1. The van der Waals surface area contributed by atoms with Crippen LogP contribution in [0, 0.1) is 5.41 Å². The van der Waals surface area contributed by atoms with E-state index in [1.807, 2.05) is 0 Å². The van der Waals surface area contributed by atoms with E-state index in [2.05, 4.69) is 22.1 Å². The van der Waals surface area contributed by atoms with Gasteiger partial charge in [-0.1, -0.05) is 11.8 Å². The van der Waals surface area contributed by atoms with E-state index in [0.29, 0.717) is 6.42 Å². The number of hydrogen-bond acceptors (Lipinski definition) is 3. The molecule has 2 aromatic rings. The number of thioether (sulfide) groups is 1. The lowest BCUT2D eigenvalue weighted by atomic mass is 9.91. The minimum Gasteiger partial charge on any atom is -0.388 e. The number of benzene rings is 1. The molecule has 0 atom stereocenters. The molecule has 4 nitrogen and oxygen atoms in total. The lowest BCUT2D eigenvalue weighted by molar-refractivity contribution is 0.687. The molecule has 0 spiro atoms. The number of aromatic nitrogens is 2. The van der Waals surface area contributed by atoms with Crippen molar-refractivity contribution in [2.45, 2.75) is 37.3 Å². The van der Waals surface area contributed by atoms with E-state index < -0.39 is 0 Å². The molecule has 0 fully saturated rings. The zero-order chi connectivity index (χ0) is 13.2. The Bertz CT molecular complexity index is 574. The van der Waals surface area contributed by atoms with Crippen LogP contribution in [0.1, 0.15) is 30.4 Å². The molecule has 0 saturated carbocycles. The van der Waals surface area contributed by atoms with Gasteiger partial charge in [-0.05, 0) is 48.9 Å². The summed E-state index contributed by atoms with van der Waals surface area (Å²) in [5.41, 5.74) is 10.5. The molecule has 3 rings (SSSR count). The van der Waals surface area contributed by atoms with Gasteiger partial charge in [-0.3, -0.25) is 5.41 Å². The average Bonchev–Trinajstić information content (AvgIpc) is 2.77. The monoisotopic (exact) mass is 274 g/mol. The zero-order valence-electron chi connectivity index (χ0n) is 10.8. The Morgan fingerprint density at radius 2 is 2.05 bits per heavy atom. The van der Waals surface area contributed by atoms with E-state index in [1.54, 1.807) is 11.8 Å². The highest BCUT2D eigenvalue weighted by molar-refractivity contribution is 7.99. The van der Waals surface area contributed by atoms with Gasteiger partial charge < -0.3 is 10.7 Å². The summed E-state index contributed by atoms with van der Waals surface area (Å²) in [6.45, 7) is 0. The van der Waals surface area contributed by atoms with Gasteiger partial charge in [0.25, 0.3) is 0 Å². The number of aryl methyl sites for hydroxylation is 2. The van der Waals surface area contributed by atoms with Gasteiger partial charge in [0.05, 0.1) is 16.9 Å². The molecular formula is C14H18N4S. The molecule has 0 saturated heterocycles. The maximum Gasteiger partial charge on any atom is 0.166 e. The number of fused-ring (bicyclic) bond motifs is 2. The minimum absolute atomic E-state index is 0.235. The summed E-state index contributed by atoms with van der Waals surface area (Å²) in [5, 5.41) is 8.14. The third-order valence-corrected chi connectivity index (χ3v) is 4.41. The number of hydrogen-bond donors (Lipinski definition) is 3. The lowest BCUT2D eigenvalue weighted by Gasteiger charge is -2.14. The van der Waals surface area contributed by atoms with Crippen molar-refractivity contribution in [2.75, 3.05) is 5.75 Å². The number of nitrogens with two attached hydrogens (primary N) is 1. The molecule has 1 aliphatic rings. The van der Waals surface area contributed by atoms with Crippen molar-refractivity contribution in [3.63, 3.8) is 0 Å². The summed E-state index contributed by atoms with van der Waals surface area (Å²) in [5.74, 6) is 1.04. The Kier molecular flexibility index (Phi) is 3.46. The van der Waals surface area contributed by atoms with Gasteiger partial charge in [0.15, 0.2) is 5.16 Å². The molecule has 1 heterocycles. The maximum atomic E-state index is 7.21. The van der Waals surface area contributed by atoms with Crippen LogP contribution in [0.15, 0.2) is 17.3 Å². The minimum atomic E-state index is 0.235. The fraction of sp³-hybridized carbons (Fsp3) is 0.429. The van der Waals surface area contributed by atoms with Gasteiger partial charge in [0.1, 0.15) is 0 Å². The van der Waals surface area contributed by atoms with Crippen molar-refractivity contribution in [1.29, 1.82) is 5.41 Å². The molecule has 1 aromatic carbocycles. The van der Waals surface area contributed by atoms with Gasteiger partial charge >= 0.3 is 0 Å². The van der Waals surface area contributed by atoms with Crippen LogP contribution in [-0.2, 0) is 12.8 Å². The third-order valence-electron chi connectivity index (χ3n) is 3.53. The molecule has 1 aliphatic carbocycles. The first-order valence-electron chi connectivity index (χ1n) is 6.69. The highest BCUT2D eigenvalue weighted by atomic mass is 32.2. The number of aromatic amines is 1. The Morgan fingerprint density at radius 1 is 1.32 bits per heavy atom. The number of rotatable bonds is 4. The van der Waals surface area contributed by atoms with E-state index in [4.69, 9.17) is 11.1 Å². The molecule has 0 unspecified atom stereocenters. The zero-order valence-corrected chi connectivity index (χ0v) is 11.6. The van der Waals surface area contributed by atoms with Crippen molar-refractivity contribution in [1.82, 2.24) is 9.97 Å². The maximum absolute atomic E-state index is 7.21. The average molecular weight is 274 g/mol. The SMILES string of the molecule is N=C(N)CCSc1nc2cc3c(cc2[nH]1)CCCC3. The molecule has 19 heavy (non-hydrogen) atoms. The van der Waals surface area contributed by atoms with Crippen molar-refractivity contribution >= 4 is 28.6 Å². The van der Waals surface area contributed by atoms with Crippen LogP contribution < -0.4 is 5.73 Å². The fourth-order valence-electron chi connectivity index (χ4n) is 2.54. The van der Waals surface area contributed by atoms with Gasteiger partial charge in [-0.25, -0.2) is 4.98 Å². The standard InChI is InChI=1S/C14H18N4S/c15-13(16)5-6-19-14-17-11-7-9-3-1-2-4-10(9)8-12(11)18-14/h7-8H,1-6H2,(H3,15,16)(H,17,18). The van der Waals surface area contributed by atoms with Crippen molar-refractivity contribution < 1.29 is 0 Å². The molecule has 0 amide bonds. The van der Waals surface area contributed by atoms with E-state index in [0.717, 1.165) is 21.9 Å². The van der Waals surface area contributed by atoms with Crippen molar-refractivity contribution in [3.05, 3.63) is 23.3 Å². The van der Waals surface area contributed by atoms with Crippen molar-refractivity contribution in [3.8, 4) is 0 Å². The van der Waals surface area contributed by atoms with E-state index in [1.165, 1.54) is 36.8 Å². The van der Waals surface area contributed by atoms with Gasteiger partial charge in [0, 0.05) is 12.2 Å². The topological polar surface area (TPSA) is 78.6 Å². The molecule has 4 N–H and O–H groups in total. The Balaban J connectivity index is 1.82. The highest BCUT2D eigenvalue weighted by Crippen LogP contribution is 2.27. The Labute approximate surface area is 116 Å². The summed E-state index contributed by atoms with van der Waals surface area (Å²) in [4.78, 5) is 7.97. The van der Waals surface area contributed by atoms with Crippen LogP contribution in [0.25, 0.3) is 11.0 Å². The molecule has 100 valence electrons. The predicted molar refractivity (Wildman–Crippen MR) is 80.0 cm³/mol. The summed E-state index contributed by atoms with van der Waals surface area (Å²) >= 11 is 1.63. The summed E-state index contributed by atoms with van der Waals surface area (Å²) in [7, 11) is 0. The molecular weight excluding hydrogens is 256 g/mol. The molecule has 0 aliphatic heterocycles. The smallest absolute Gasteiger partial charge is 0.166 e. The Morgan fingerprint density at radius 3 is 2.79 bits per heavy atom. The predicted octanol–water partition coefficient (Wildman–Crippen LogP) is 2.86. The lowest BCUT2D eigenvalue weighted by Crippen LogP contribution is -2.09. The van der Waals surface area contributed by atoms with Crippen molar-refractivity contribution in [2.24, 2.45) is 5.73 Å². The molecule has 1 aromatic heterocycles. The van der Waals surface area contributed by atoms with Gasteiger partial charge in [-0.15, -0.1) is 0 Å². The second-order valence-electron chi connectivity index (χ2n) is 5.01. The van der Waals surface area contributed by atoms with E-state index in [-0.39, 0.29) is 5.84 Å². The molecule has 0 bridgehead atoms. The highest BCUT2D eigenvalue weighted by Gasteiger charge is 2.12. The van der Waals surface area contributed by atoms with E-state index >= 15 is 0 Å². The van der Waals surface area contributed by atoms with Crippen LogP contribution in [-0.4, -0.2) is 21.6 Å². The number of nitrogens with one attached hydrogen (secondary N) is 2. The summed E-state index contributed by atoms with van der Waals surface area (Å²) in [6.07, 6.45) is 5.58. The number of amidine groups is 1. The largest absolute Gasteiger partial charge is 0.388 e. The van der Waals surface area contributed by atoms with Gasteiger partial charge in [-0.2, -0.15) is 0 Å². The van der Waals surface area contributed by atoms with Crippen LogP contribution in [0.2, 0.25) is 0 Å². The van der Waals surface area contributed by atoms with Crippen LogP contribution in [0.3, 0.4) is 0 Å². The van der Waals surface area contributed by atoms with E-state index in [9.17, 15) is 0 Å². The number of imidazole rings is 1. The first-order chi connectivity index (χ1) is 9.22. The fourth-order valence-corrected chi connectivity index (χ4v) is 3.40.